The number of hydrogen-bond acceptors (Lipinski definition) is 4. The predicted octanol–water partition coefficient (Wildman–Crippen LogP) is 1.91. The van der Waals surface area contributed by atoms with Crippen molar-refractivity contribution in [2.24, 2.45) is 0 Å². The molecule has 5 nitrogen and oxygen atoms in total. The summed E-state index contributed by atoms with van der Waals surface area (Å²) in [5.41, 5.74) is 0. The first kappa shape index (κ1) is 13.4. The Labute approximate surface area is 101 Å². The van der Waals surface area contributed by atoms with Crippen molar-refractivity contribution >= 4 is 0 Å². The second kappa shape index (κ2) is 6.85. The quantitative estimate of drug-likeness (QED) is 0.684. The van der Waals surface area contributed by atoms with E-state index in [9.17, 15) is 5.11 Å². The molecule has 0 aliphatic carbocycles. The molecule has 95 valence electrons. The maximum atomic E-state index is 10.3. The van der Waals surface area contributed by atoms with Gasteiger partial charge in [-0.3, -0.25) is 0 Å². The number of methoxy groups -OCH3 is 3. The van der Waals surface area contributed by atoms with E-state index in [2.05, 4.69) is 0 Å². The van der Waals surface area contributed by atoms with Gasteiger partial charge >= 0.3 is 0 Å². The Morgan fingerprint density at radius 2 is 1.59 bits per heavy atom. The molecule has 0 aliphatic heterocycles. The van der Waals surface area contributed by atoms with Crippen LogP contribution in [0.15, 0.2) is 12.1 Å². The molecule has 0 saturated carbocycles. The minimum absolute atomic E-state index is 0.148. The van der Waals surface area contributed by atoms with Gasteiger partial charge in [-0.25, -0.2) is 5.11 Å². The van der Waals surface area contributed by atoms with Gasteiger partial charge in [-0.1, -0.05) is 0 Å². The van der Waals surface area contributed by atoms with Crippen LogP contribution in [0.4, 0.5) is 0 Å². The van der Waals surface area contributed by atoms with E-state index in [0.29, 0.717) is 36.0 Å². The molecular formula is C12H17O5. The van der Waals surface area contributed by atoms with Gasteiger partial charge in [-0.05, 0) is 0 Å². The van der Waals surface area contributed by atoms with E-state index >= 15 is 0 Å². The first-order chi connectivity index (χ1) is 8.26. The van der Waals surface area contributed by atoms with Crippen molar-refractivity contribution in [3.63, 3.8) is 0 Å². The van der Waals surface area contributed by atoms with Gasteiger partial charge in [0.25, 0.3) is 0 Å². The first-order valence-corrected chi connectivity index (χ1v) is 5.27. The van der Waals surface area contributed by atoms with Crippen molar-refractivity contribution < 1.29 is 24.1 Å². The van der Waals surface area contributed by atoms with Gasteiger partial charge in [-0.15, -0.1) is 0 Å². The summed E-state index contributed by atoms with van der Waals surface area (Å²) in [5, 5.41) is 10.3. The average Bonchev–Trinajstić information content (AvgIpc) is 2.37. The largest absolute Gasteiger partial charge is 0.493 e. The first-order valence-electron chi connectivity index (χ1n) is 5.27. The van der Waals surface area contributed by atoms with Crippen LogP contribution in [0.5, 0.6) is 23.0 Å². The van der Waals surface area contributed by atoms with Crippen molar-refractivity contribution in [2.45, 2.75) is 6.42 Å². The third kappa shape index (κ3) is 3.42. The molecule has 0 atom stereocenters. The summed E-state index contributed by atoms with van der Waals surface area (Å²) < 4.78 is 21.0. The summed E-state index contributed by atoms with van der Waals surface area (Å²) in [6, 6.07) is 3.40. The van der Waals surface area contributed by atoms with Gasteiger partial charge in [0.1, 0.15) is 5.75 Å². The molecule has 1 radical (unpaired) electrons. The Morgan fingerprint density at radius 3 is 2.00 bits per heavy atom. The minimum atomic E-state index is -0.148. The fraction of sp³-hybridized carbons (Fsp3) is 0.500. The molecule has 0 aliphatic rings. The van der Waals surface area contributed by atoms with E-state index in [4.69, 9.17) is 18.9 Å². The van der Waals surface area contributed by atoms with Crippen LogP contribution in [0, 0.1) is 0 Å². The topological polar surface area (TPSA) is 56.8 Å². The van der Waals surface area contributed by atoms with Crippen LogP contribution in [0.25, 0.3) is 0 Å². The Hall–Kier alpha value is -1.62. The maximum absolute atomic E-state index is 10.3. The lowest BCUT2D eigenvalue weighted by molar-refractivity contribution is 0.165. The summed E-state index contributed by atoms with van der Waals surface area (Å²) in [6.45, 7) is 0.229. The second-order valence-corrected chi connectivity index (χ2v) is 3.27. The average molecular weight is 241 g/mol. The summed E-state index contributed by atoms with van der Waals surface area (Å²) in [5.74, 6) is 2.17. The van der Waals surface area contributed by atoms with Gasteiger partial charge < -0.3 is 18.9 Å². The zero-order chi connectivity index (χ0) is 12.7. The zero-order valence-corrected chi connectivity index (χ0v) is 10.3. The molecule has 5 heteroatoms. The van der Waals surface area contributed by atoms with Gasteiger partial charge in [0.2, 0.25) is 5.75 Å². The highest BCUT2D eigenvalue weighted by molar-refractivity contribution is 5.55. The van der Waals surface area contributed by atoms with Crippen LogP contribution in [0.1, 0.15) is 6.42 Å². The third-order valence-electron chi connectivity index (χ3n) is 2.20. The van der Waals surface area contributed by atoms with Crippen molar-refractivity contribution in [1.82, 2.24) is 0 Å². The molecule has 0 fully saturated rings. The molecule has 17 heavy (non-hydrogen) atoms. The number of ether oxygens (including phenoxy) is 4. The summed E-state index contributed by atoms with van der Waals surface area (Å²) in [7, 11) is 4.62. The number of rotatable bonds is 7. The highest BCUT2D eigenvalue weighted by atomic mass is 16.5. The molecule has 0 amide bonds. The molecule has 0 heterocycles. The van der Waals surface area contributed by atoms with Gasteiger partial charge in [-0.2, -0.15) is 0 Å². The molecule has 0 saturated heterocycles. The Kier molecular flexibility index (Phi) is 5.42. The Bertz CT molecular complexity index is 326. The molecular weight excluding hydrogens is 224 g/mol. The fourth-order valence-corrected chi connectivity index (χ4v) is 1.39. The van der Waals surface area contributed by atoms with Crippen molar-refractivity contribution in [3.05, 3.63) is 12.1 Å². The maximum Gasteiger partial charge on any atom is 0.203 e. The summed E-state index contributed by atoms with van der Waals surface area (Å²) in [6.07, 6.45) is 0.469. The smallest absolute Gasteiger partial charge is 0.203 e. The molecule has 1 aromatic carbocycles. The molecule has 0 unspecified atom stereocenters. The summed E-state index contributed by atoms with van der Waals surface area (Å²) >= 11 is 0. The predicted molar refractivity (Wildman–Crippen MR) is 61.8 cm³/mol. The van der Waals surface area contributed by atoms with E-state index in [1.807, 2.05) is 0 Å². The second-order valence-electron chi connectivity index (χ2n) is 3.27. The Balaban J connectivity index is 2.92. The Morgan fingerprint density at radius 1 is 1.00 bits per heavy atom. The molecule has 0 N–H and O–H groups in total. The van der Waals surface area contributed by atoms with Crippen LogP contribution < -0.4 is 18.9 Å². The lowest BCUT2D eigenvalue weighted by Crippen LogP contribution is -2.01. The van der Waals surface area contributed by atoms with Crippen molar-refractivity contribution in [2.75, 3.05) is 34.5 Å². The van der Waals surface area contributed by atoms with Crippen LogP contribution >= 0.6 is 0 Å². The molecule has 0 bridgehead atoms. The van der Waals surface area contributed by atoms with E-state index in [-0.39, 0.29) is 6.61 Å². The van der Waals surface area contributed by atoms with Gasteiger partial charge in [0, 0.05) is 18.6 Å². The van der Waals surface area contributed by atoms with Crippen LogP contribution in [-0.2, 0) is 5.11 Å². The van der Waals surface area contributed by atoms with Crippen LogP contribution in [-0.4, -0.2) is 34.5 Å². The molecule has 0 aromatic heterocycles. The molecule has 0 spiro atoms. The number of hydrogen-bond donors (Lipinski definition) is 0. The van der Waals surface area contributed by atoms with E-state index in [0.717, 1.165) is 0 Å². The monoisotopic (exact) mass is 241 g/mol. The van der Waals surface area contributed by atoms with Gasteiger partial charge in [0.15, 0.2) is 11.5 Å². The van der Waals surface area contributed by atoms with Crippen molar-refractivity contribution in [1.29, 1.82) is 0 Å². The van der Waals surface area contributed by atoms with Gasteiger partial charge in [0.05, 0.1) is 34.5 Å². The minimum Gasteiger partial charge on any atom is -0.493 e. The highest BCUT2D eigenvalue weighted by Crippen LogP contribution is 2.40. The zero-order valence-electron chi connectivity index (χ0n) is 10.3. The fourth-order valence-electron chi connectivity index (χ4n) is 1.39. The summed E-state index contributed by atoms with van der Waals surface area (Å²) in [4.78, 5) is 0. The third-order valence-corrected chi connectivity index (χ3v) is 2.20. The lowest BCUT2D eigenvalue weighted by Gasteiger charge is -2.14. The SMILES string of the molecule is COc1cc(OCCC[O])cc(OC)c1OC. The molecule has 1 aromatic rings. The van der Waals surface area contributed by atoms with Crippen molar-refractivity contribution in [3.8, 4) is 23.0 Å². The number of benzene rings is 1. The normalized spacial score (nSPS) is 9.88. The lowest BCUT2D eigenvalue weighted by atomic mass is 10.2. The standard InChI is InChI=1S/C12H17O5/c1-14-10-7-9(17-6-4-5-13)8-11(15-2)12(10)16-3/h7-8H,4-6H2,1-3H3. The van der Waals surface area contributed by atoms with Crippen LogP contribution in [0.2, 0.25) is 0 Å². The van der Waals surface area contributed by atoms with Crippen LogP contribution in [0.3, 0.4) is 0 Å². The highest BCUT2D eigenvalue weighted by Gasteiger charge is 2.13. The molecule has 1 rings (SSSR count). The van der Waals surface area contributed by atoms with E-state index in [1.54, 1.807) is 33.5 Å². The van der Waals surface area contributed by atoms with E-state index in [1.165, 1.54) is 0 Å². The van der Waals surface area contributed by atoms with E-state index < -0.39 is 0 Å².